The molecule has 1 atom stereocenters. The molecule has 0 N–H and O–H groups in total. The molecule has 0 bridgehead atoms. The van der Waals surface area contributed by atoms with Gasteiger partial charge in [0.1, 0.15) is 11.2 Å². The molecule has 9 aromatic carbocycles. The molecule has 0 amide bonds. The lowest BCUT2D eigenvalue weighted by atomic mass is 9.85. The molecule has 1 unspecified atom stereocenters. The normalized spacial score (nSPS) is 12.4. The molecule has 306 valence electrons. The minimum Gasteiger partial charge on any atom is -0.456 e. The van der Waals surface area contributed by atoms with Crippen LogP contribution in [0.2, 0.25) is 0 Å². The summed E-state index contributed by atoms with van der Waals surface area (Å²) in [6.07, 6.45) is 13.1. The molecule has 11 rings (SSSR count). The monoisotopic (exact) mass is 821 g/mol. The summed E-state index contributed by atoms with van der Waals surface area (Å²) in [6, 6.07) is 73.4. The van der Waals surface area contributed by atoms with Crippen molar-refractivity contribution in [3.8, 4) is 33.4 Å². The average Bonchev–Trinajstić information content (AvgIpc) is 3.89. The fraction of sp³-hybridized carbons (Fsp3) is 0.0645. The zero-order valence-electron chi connectivity index (χ0n) is 35.7. The summed E-state index contributed by atoms with van der Waals surface area (Å²) < 4.78 is 8.41. The number of rotatable bonds is 12. The Kier molecular flexibility index (Phi) is 10.4. The number of furan rings is 1. The lowest BCUT2D eigenvalue weighted by Crippen LogP contribution is -2.03. The van der Waals surface area contributed by atoms with E-state index in [9.17, 15) is 0 Å². The molecule has 0 saturated carbocycles. The van der Waals surface area contributed by atoms with Crippen LogP contribution < -0.4 is 0 Å². The first-order chi connectivity index (χ1) is 31.7. The predicted molar refractivity (Wildman–Crippen MR) is 273 cm³/mol. The summed E-state index contributed by atoms with van der Waals surface area (Å²) in [7, 11) is 0. The van der Waals surface area contributed by atoms with Crippen LogP contribution in [0.3, 0.4) is 0 Å². The first-order valence-corrected chi connectivity index (χ1v) is 22.4. The van der Waals surface area contributed by atoms with Gasteiger partial charge in [0.15, 0.2) is 0 Å². The molecular formula is C62H47NO. The Morgan fingerprint density at radius 2 is 1.05 bits per heavy atom. The van der Waals surface area contributed by atoms with Crippen molar-refractivity contribution in [2.75, 3.05) is 0 Å². The van der Waals surface area contributed by atoms with Gasteiger partial charge in [0.25, 0.3) is 0 Å². The molecule has 0 fully saturated rings. The summed E-state index contributed by atoms with van der Waals surface area (Å²) in [5, 5.41) is 7.37. The number of fused-ring (bicyclic) bond motifs is 7. The van der Waals surface area contributed by atoms with E-state index in [-0.39, 0.29) is 5.92 Å². The molecule has 0 aliphatic heterocycles. The summed E-state index contributed by atoms with van der Waals surface area (Å²) in [5.74, 6) is 0.261. The number of nitrogens with zero attached hydrogens (tertiary/aromatic N) is 1. The number of aryl methyl sites for hydroxylation is 1. The van der Waals surface area contributed by atoms with Crippen LogP contribution in [0.5, 0.6) is 0 Å². The largest absolute Gasteiger partial charge is 0.456 e. The number of hydrogen-bond donors (Lipinski definition) is 0. The van der Waals surface area contributed by atoms with E-state index >= 15 is 0 Å². The minimum atomic E-state index is 0.261. The van der Waals surface area contributed by atoms with Gasteiger partial charge in [-0.2, -0.15) is 0 Å². The highest BCUT2D eigenvalue weighted by Crippen LogP contribution is 2.38. The van der Waals surface area contributed by atoms with Gasteiger partial charge < -0.3 is 8.98 Å². The smallest absolute Gasteiger partial charge is 0.135 e. The second-order valence-electron chi connectivity index (χ2n) is 16.8. The third kappa shape index (κ3) is 7.44. The van der Waals surface area contributed by atoms with Gasteiger partial charge in [-0.15, -0.1) is 0 Å². The zero-order valence-corrected chi connectivity index (χ0v) is 35.7. The SMILES string of the molecule is C=C/C=C\C=C/n1c2ccccc2c2cc(-c3ccc(CCCC(c4ccc(-c5ccc6oc7ccccc7c6c5)cc4)c4ccc(-c5cccc6ccccc56)cc4)cc3)ccc21. The first-order valence-electron chi connectivity index (χ1n) is 22.4. The second-order valence-corrected chi connectivity index (χ2v) is 16.8. The molecule has 64 heavy (non-hydrogen) atoms. The van der Waals surface area contributed by atoms with Gasteiger partial charge in [0.2, 0.25) is 0 Å². The maximum absolute atomic E-state index is 6.13. The van der Waals surface area contributed by atoms with Crippen LogP contribution in [-0.4, -0.2) is 4.57 Å². The topological polar surface area (TPSA) is 18.1 Å². The van der Waals surface area contributed by atoms with Crippen molar-refractivity contribution in [2.45, 2.75) is 25.2 Å². The molecule has 2 aromatic heterocycles. The molecule has 11 aromatic rings. The number of para-hydroxylation sites is 2. The molecule has 0 spiro atoms. The Morgan fingerprint density at radius 1 is 0.453 bits per heavy atom. The van der Waals surface area contributed by atoms with Gasteiger partial charge in [-0.1, -0.05) is 189 Å². The van der Waals surface area contributed by atoms with Crippen LogP contribution in [-0.2, 0) is 6.42 Å². The van der Waals surface area contributed by atoms with Crippen LogP contribution in [0.4, 0.5) is 0 Å². The summed E-state index contributed by atoms with van der Waals surface area (Å²) >= 11 is 0. The molecular weight excluding hydrogens is 775 g/mol. The number of benzene rings is 9. The number of aromatic nitrogens is 1. The van der Waals surface area contributed by atoms with Crippen molar-refractivity contribution in [3.05, 3.63) is 248 Å². The Labute approximate surface area is 374 Å². The molecule has 2 heteroatoms. The fourth-order valence-electron chi connectivity index (χ4n) is 9.71. The quantitative estimate of drug-likeness (QED) is 0.112. The van der Waals surface area contributed by atoms with Gasteiger partial charge in [0.05, 0.1) is 11.0 Å². The van der Waals surface area contributed by atoms with Gasteiger partial charge in [0, 0.05) is 33.7 Å². The number of hydrogen-bond acceptors (Lipinski definition) is 1. The van der Waals surface area contributed by atoms with Crippen molar-refractivity contribution in [1.82, 2.24) is 4.57 Å². The first kappa shape index (κ1) is 38.9. The standard InChI is InChI=1S/C62H47NO/c1-2-3-4-11-40-63-59-22-9-7-18-55(59)57-41-50(36-38-60(57)63)44-26-24-43(25-27-44)14-12-20-52(48-32-34-49(35-33-48)54-21-13-16-46-15-5-6-17-53(46)54)47-30-28-45(29-31-47)51-37-39-62-58(42-51)56-19-8-10-23-61(56)64-62/h2-11,13,15-19,21-42,52H,1,12,14,20H2/b4-3-,40-11-. The molecule has 0 saturated heterocycles. The minimum absolute atomic E-state index is 0.261. The third-order valence-electron chi connectivity index (χ3n) is 13.0. The van der Waals surface area contributed by atoms with E-state index in [2.05, 4.69) is 211 Å². The fourth-order valence-corrected chi connectivity index (χ4v) is 9.71. The van der Waals surface area contributed by atoms with Crippen LogP contribution in [0.25, 0.3) is 94.1 Å². The maximum atomic E-state index is 6.13. The Morgan fingerprint density at radius 3 is 1.83 bits per heavy atom. The third-order valence-corrected chi connectivity index (χ3v) is 13.0. The van der Waals surface area contributed by atoms with E-state index in [0.29, 0.717) is 0 Å². The van der Waals surface area contributed by atoms with Crippen molar-refractivity contribution < 1.29 is 4.42 Å². The van der Waals surface area contributed by atoms with Crippen LogP contribution in [0.15, 0.2) is 235 Å². The van der Waals surface area contributed by atoms with Crippen LogP contribution >= 0.6 is 0 Å². The molecule has 0 aliphatic carbocycles. The Hall–Kier alpha value is -7.94. The summed E-state index contributed by atoms with van der Waals surface area (Å²) in [5.41, 5.74) is 15.7. The summed E-state index contributed by atoms with van der Waals surface area (Å²) in [6.45, 7) is 3.79. The average molecular weight is 822 g/mol. The van der Waals surface area contributed by atoms with Crippen molar-refractivity contribution >= 4 is 60.7 Å². The highest BCUT2D eigenvalue weighted by Gasteiger charge is 2.17. The second kappa shape index (κ2) is 17.1. The predicted octanol–water partition coefficient (Wildman–Crippen LogP) is 17.2. The molecule has 0 radical (unpaired) electrons. The molecule has 2 heterocycles. The van der Waals surface area contributed by atoms with E-state index in [1.807, 2.05) is 24.3 Å². The highest BCUT2D eigenvalue weighted by atomic mass is 16.3. The van der Waals surface area contributed by atoms with Gasteiger partial charge in [-0.05, 0) is 123 Å². The van der Waals surface area contributed by atoms with Gasteiger partial charge in [-0.25, -0.2) is 0 Å². The van der Waals surface area contributed by atoms with Crippen molar-refractivity contribution in [3.63, 3.8) is 0 Å². The maximum Gasteiger partial charge on any atom is 0.135 e. The Bertz CT molecular complexity index is 3520. The summed E-state index contributed by atoms with van der Waals surface area (Å²) in [4.78, 5) is 0. The van der Waals surface area contributed by atoms with E-state index in [0.717, 1.165) is 41.2 Å². The van der Waals surface area contributed by atoms with Crippen molar-refractivity contribution in [1.29, 1.82) is 0 Å². The lowest BCUT2D eigenvalue weighted by molar-refractivity contribution is 0.661. The van der Waals surface area contributed by atoms with E-state index in [4.69, 9.17) is 4.42 Å². The lowest BCUT2D eigenvalue weighted by Gasteiger charge is -2.20. The van der Waals surface area contributed by atoms with E-state index in [1.165, 1.54) is 82.6 Å². The van der Waals surface area contributed by atoms with E-state index < -0.39 is 0 Å². The Balaban J connectivity index is 0.855. The number of allylic oxidation sites excluding steroid dienone is 4. The van der Waals surface area contributed by atoms with Crippen molar-refractivity contribution in [2.24, 2.45) is 0 Å². The van der Waals surface area contributed by atoms with Crippen LogP contribution in [0, 0.1) is 0 Å². The highest BCUT2D eigenvalue weighted by molar-refractivity contribution is 6.10. The molecule has 0 aliphatic rings. The molecule has 2 nitrogen and oxygen atoms in total. The van der Waals surface area contributed by atoms with Crippen LogP contribution in [0.1, 0.15) is 35.4 Å². The van der Waals surface area contributed by atoms with Gasteiger partial charge >= 0.3 is 0 Å². The van der Waals surface area contributed by atoms with E-state index in [1.54, 1.807) is 6.08 Å². The zero-order chi connectivity index (χ0) is 42.8. The van der Waals surface area contributed by atoms with Gasteiger partial charge in [-0.3, -0.25) is 0 Å².